The number of aromatic nitrogens is 1. The monoisotopic (exact) mass is 670 g/mol. The van der Waals surface area contributed by atoms with Crippen LogP contribution in [-0.4, -0.2) is 42.7 Å². The minimum Gasteiger partial charge on any atom is -0.497 e. The van der Waals surface area contributed by atoms with Gasteiger partial charge in [-0.15, -0.1) is 0 Å². The summed E-state index contributed by atoms with van der Waals surface area (Å²) >= 11 is 3.46. The number of alkyl halides is 1. The van der Waals surface area contributed by atoms with E-state index in [1.165, 1.54) is 24.6 Å². The molecule has 0 aliphatic heterocycles. The summed E-state index contributed by atoms with van der Waals surface area (Å²) in [5.74, 6) is -0.695. The van der Waals surface area contributed by atoms with Crippen molar-refractivity contribution < 1.29 is 27.8 Å². The molecule has 0 aliphatic rings. The van der Waals surface area contributed by atoms with Crippen LogP contribution in [0, 0.1) is 11.6 Å². The first kappa shape index (κ1) is 33.0. The Balaban J connectivity index is 1.81. The summed E-state index contributed by atoms with van der Waals surface area (Å²) in [6.45, 7) is 4.57. The summed E-state index contributed by atoms with van der Waals surface area (Å²) in [7, 11) is 1.54. The van der Waals surface area contributed by atoms with Crippen LogP contribution in [0.1, 0.15) is 56.3 Å². The molecule has 44 heavy (non-hydrogen) atoms. The third kappa shape index (κ3) is 7.96. The zero-order valence-electron chi connectivity index (χ0n) is 25.2. The highest BCUT2D eigenvalue weighted by Gasteiger charge is 2.23. The van der Waals surface area contributed by atoms with E-state index in [0.717, 1.165) is 49.2 Å². The average Bonchev–Trinajstić information content (AvgIpc) is 3.00. The second kappa shape index (κ2) is 15.7. The van der Waals surface area contributed by atoms with Crippen molar-refractivity contribution in [3.63, 3.8) is 0 Å². The Morgan fingerprint density at radius 2 is 1.57 bits per heavy atom. The van der Waals surface area contributed by atoms with Crippen LogP contribution >= 0.6 is 15.9 Å². The first-order chi connectivity index (χ1) is 21.3. The lowest BCUT2D eigenvalue weighted by molar-refractivity contribution is 0.0987. The standard InChI is InChI=1S/C34H37BrF2N2O5/c1-4-38(25-16-23(36)15-24(37)17-25)34(41)31-22-39(26-18-28(42-3)20-29(19-26)43-5-2)32-21-27(11-12-30(32)33(31)40)44-14-10-8-6-7-9-13-35/h11-12,15-22H,4-10,13-14H2,1-3H3. The minimum atomic E-state index is -0.825. The Morgan fingerprint density at radius 3 is 2.25 bits per heavy atom. The number of halogens is 3. The van der Waals surface area contributed by atoms with E-state index in [4.69, 9.17) is 14.2 Å². The van der Waals surface area contributed by atoms with Crippen molar-refractivity contribution in [2.24, 2.45) is 0 Å². The van der Waals surface area contributed by atoms with Crippen molar-refractivity contribution in [2.75, 3.05) is 37.1 Å². The molecule has 0 atom stereocenters. The number of unbranched alkanes of at least 4 members (excludes halogenated alkanes) is 4. The minimum absolute atomic E-state index is 0.0111. The van der Waals surface area contributed by atoms with Gasteiger partial charge in [-0.25, -0.2) is 8.78 Å². The smallest absolute Gasteiger partial charge is 0.263 e. The molecule has 0 aliphatic carbocycles. The fourth-order valence-corrected chi connectivity index (χ4v) is 5.42. The summed E-state index contributed by atoms with van der Waals surface area (Å²) in [6.07, 6.45) is 6.87. The SMILES string of the molecule is CCOc1cc(OC)cc(-n2cc(C(=O)N(CC)c3cc(F)cc(F)c3)c(=O)c3ccc(OCCCCCCCBr)cc32)c1. The number of carbonyl (C=O) groups is 1. The number of rotatable bonds is 15. The largest absolute Gasteiger partial charge is 0.497 e. The zero-order chi connectivity index (χ0) is 31.6. The fourth-order valence-electron chi connectivity index (χ4n) is 5.03. The number of pyridine rings is 1. The topological polar surface area (TPSA) is 70.0 Å². The molecule has 4 aromatic rings. The molecule has 0 fully saturated rings. The highest BCUT2D eigenvalue weighted by Crippen LogP contribution is 2.30. The first-order valence-corrected chi connectivity index (χ1v) is 15.9. The van der Waals surface area contributed by atoms with Crippen LogP contribution in [0.5, 0.6) is 17.2 Å². The molecule has 0 unspecified atom stereocenters. The van der Waals surface area contributed by atoms with Crippen LogP contribution in [0.4, 0.5) is 14.5 Å². The Kier molecular flexibility index (Phi) is 11.8. The molecule has 10 heteroatoms. The highest BCUT2D eigenvalue weighted by molar-refractivity contribution is 9.09. The fraction of sp³-hybridized carbons (Fsp3) is 0.353. The number of benzene rings is 3. The molecule has 0 saturated carbocycles. The van der Waals surface area contributed by atoms with E-state index in [0.29, 0.717) is 41.7 Å². The summed E-state index contributed by atoms with van der Waals surface area (Å²) in [5, 5.41) is 1.29. The summed E-state index contributed by atoms with van der Waals surface area (Å²) < 4.78 is 47.2. The number of fused-ring (bicyclic) bond motifs is 1. The molecule has 0 bridgehead atoms. The Morgan fingerprint density at radius 1 is 0.864 bits per heavy atom. The number of hydrogen-bond acceptors (Lipinski definition) is 5. The van der Waals surface area contributed by atoms with E-state index < -0.39 is 23.0 Å². The van der Waals surface area contributed by atoms with Crippen LogP contribution in [-0.2, 0) is 0 Å². The molecule has 1 heterocycles. The van der Waals surface area contributed by atoms with Crippen molar-refractivity contribution in [2.45, 2.75) is 46.0 Å². The summed E-state index contributed by atoms with van der Waals surface area (Å²) in [6, 6.07) is 13.3. The Labute approximate surface area is 264 Å². The van der Waals surface area contributed by atoms with Gasteiger partial charge in [0.25, 0.3) is 5.91 Å². The van der Waals surface area contributed by atoms with Gasteiger partial charge in [0.2, 0.25) is 5.43 Å². The van der Waals surface area contributed by atoms with E-state index in [1.807, 2.05) is 6.92 Å². The van der Waals surface area contributed by atoms with Crippen molar-refractivity contribution in [1.82, 2.24) is 4.57 Å². The van der Waals surface area contributed by atoms with E-state index in [-0.39, 0.29) is 23.2 Å². The lowest BCUT2D eigenvalue weighted by Gasteiger charge is -2.22. The van der Waals surface area contributed by atoms with Crippen LogP contribution in [0.3, 0.4) is 0 Å². The summed E-state index contributed by atoms with van der Waals surface area (Å²) in [4.78, 5) is 28.9. The number of methoxy groups -OCH3 is 1. The number of anilines is 1. The van der Waals surface area contributed by atoms with Gasteiger partial charge in [0.15, 0.2) is 0 Å². The van der Waals surface area contributed by atoms with Gasteiger partial charge >= 0.3 is 0 Å². The molecule has 0 saturated heterocycles. The normalized spacial score (nSPS) is 11.0. The van der Waals surface area contributed by atoms with Gasteiger partial charge in [0.1, 0.15) is 34.4 Å². The second-order valence-corrected chi connectivity index (χ2v) is 11.0. The zero-order valence-corrected chi connectivity index (χ0v) is 26.8. The van der Waals surface area contributed by atoms with E-state index in [2.05, 4.69) is 15.9 Å². The van der Waals surface area contributed by atoms with Crippen molar-refractivity contribution in [1.29, 1.82) is 0 Å². The predicted molar refractivity (Wildman–Crippen MR) is 173 cm³/mol. The van der Waals surface area contributed by atoms with Crippen molar-refractivity contribution in [3.8, 4) is 22.9 Å². The lowest BCUT2D eigenvalue weighted by atomic mass is 10.1. The van der Waals surface area contributed by atoms with Crippen LogP contribution in [0.25, 0.3) is 16.6 Å². The maximum Gasteiger partial charge on any atom is 0.263 e. The van der Waals surface area contributed by atoms with Crippen LogP contribution in [0.15, 0.2) is 65.6 Å². The summed E-state index contributed by atoms with van der Waals surface area (Å²) in [5.41, 5.74) is 0.425. The van der Waals surface area contributed by atoms with Gasteiger partial charge < -0.3 is 23.7 Å². The molecule has 0 radical (unpaired) electrons. The quantitative estimate of drug-likeness (QED) is 0.0945. The molecular weight excluding hydrogens is 634 g/mol. The molecular formula is C34H37BrF2N2O5. The molecule has 0 N–H and O–H groups in total. The molecule has 3 aromatic carbocycles. The van der Waals surface area contributed by atoms with Gasteiger partial charge in [0, 0.05) is 59.5 Å². The second-order valence-electron chi connectivity index (χ2n) is 10.2. The number of nitrogens with zero attached hydrogens (tertiary/aromatic N) is 2. The molecule has 234 valence electrons. The molecule has 0 spiro atoms. The van der Waals surface area contributed by atoms with E-state index in [9.17, 15) is 18.4 Å². The molecule has 1 amide bonds. The van der Waals surface area contributed by atoms with Crippen LogP contribution < -0.4 is 24.5 Å². The number of hydrogen-bond donors (Lipinski definition) is 0. The van der Waals surface area contributed by atoms with Gasteiger partial charge in [-0.3, -0.25) is 9.59 Å². The van der Waals surface area contributed by atoms with Crippen molar-refractivity contribution >= 4 is 38.4 Å². The number of carbonyl (C=O) groups excluding carboxylic acids is 1. The molecule has 7 nitrogen and oxygen atoms in total. The van der Waals surface area contributed by atoms with E-state index >= 15 is 0 Å². The lowest BCUT2D eigenvalue weighted by Crippen LogP contribution is -2.35. The first-order valence-electron chi connectivity index (χ1n) is 14.8. The number of ether oxygens (including phenoxy) is 3. The highest BCUT2D eigenvalue weighted by atomic mass is 79.9. The molecule has 1 aromatic heterocycles. The van der Waals surface area contributed by atoms with Gasteiger partial charge in [0.05, 0.1) is 31.5 Å². The third-order valence-electron chi connectivity index (χ3n) is 7.16. The maximum absolute atomic E-state index is 14.1. The Hall–Kier alpha value is -3.92. The van der Waals surface area contributed by atoms with Crippen LogP contribution in [0.2, 0.25) is 0 Å². The van der Waals surface area contributed by atoms with Gasteiger partial charge in [-0.2, -0.15) is 0 Å². The number of amides is 1. The maximum atomic E-state index is 14.1. The Bertz CT molecular complexity index is 1640. The third-order valence-corrected chi connectivity index (χ3v) is 7.72. The average molecular weight is 672 g/mol. The molecule has 4 rings (SSSR count). The van der Waals surface area contributed by atoms with Crippen molar-refractivity contribution in [3.05, 3.63) is 88.2 Å². The van der Waals surface area contributed by atoms with E-state index in [1.54, 1.807) is 47.9 Å². The van der Waals surface area contributed by atoms with Gasteiger partial charge in [-0.05, 0) is 51.0 Å². The predicted octanol–water partition coefficient (Wildman–Crippen LogP) is 8.07. The van der Waals surface area contributed by atoms with Gasteiger partial charge in [-0.1, -0.05) is 35.2 Å².